The van der Waals surface area contributed by atoms with Crippen molar-refractivity contribution in [2.45, 2.75) is 32.8 Å². The smallest absolute Gasteiger partial charge is 0.122 e. The van der Waals surface area contributed by atoms with Crippen molar-refractivity contribution in [2.75, 3.05) is 7.11 Å². The van der Waals surface area contributed by atoms with E-state index in [1.165, 1.54) is 0 Å². The largest absolute Gasteiger partial charge is 0.496 e. The number of halogens is 1. The van der Waals surface area contributed by atoms with Crippen LogP contribution in [0.2, 0.25) is 0 Å². The molecule has 0 amide bonds. The summed E-state index contributed by atoms with van der Waals surface area (Å²) in [5.74, 6) is 0.857. The van der Waals surface area contributed by atoms with Crippen molar-refractivity contribution in [3.8, 4) is 5.75 Å². The van der Waals surface area contributed by atoms with Crippen LogP contribution in [-0.4, -0.2) is 12.2 Å². The molecule has 1 atom stereocenters. The molecule has 2 nitrogen and oxygen atoms in total. The second-order valence-electron chi connectivity index (χ2n) is 5.71. The van der Waals surface area contributed by atoms with E-state index in [2.05, 4.69) is 15.9 Å². The van der Waals surface area contributed by atoms with Crippen LogP contribution in [0.3, 0.4) is 0 Å². The predicted octanol–water partition coefficient (Wildman–Crippen LogP) is 4.52. The summed E-state index contributed by atoms with van der Waals surface area (Å²) in [4.78, 5) is 0. The van der Waals surface area contributed by atoms with E-state index in [1.807, 2.05) is 57.2 Å². The fourth-order valence-electron chi connectivity index (χ4n) is 2.68. The first-order valence-electron chi connectivity index (χ1n) is 6.96. The Morgan fingerprint density at radius 3 is 2.29 bits per heavy atom. The zero-order valence-corrected chi connectivity index (χ0v) is 14.5. The highest BCUT2D eigenvalue weighted by Crippen LogP contribution is 2.32. The van der Waals surface area contributed by atoms with Crippen molar-refractivity contribution in [3.63, 3.8) is 0 Å². The molecular formula is C18H21BrO2. The fraction of sp³-hybridized carbons (Fsp3) is 0.333. The lowest BCUT2D eigenvalue weighted by Crippen LogP contribution is -2.25. The quantitative estimate of drug-likeness (QED) is 0.879. The Bertz CT molecular complexity index is 630. The Balaban J connectivity index is 2.34. The molecule has 0 bridgehead atoms. The molecule has 0 aliphatic heterocycles. The van der Waals surface area contributed by atoms with Crippen LogP contribution in [0.15, 0.2) is 40.9 Å². The highest BCUT2D eigenvalue weighted by Gasteiger charge is 2.26. The topological polar surface area (TPSA) is 29.5 Å². The molecule has 0 aromatic heterocycles. The molecule has 112 valence electrons. The van der Waals surface area contributed by atoms with Gasteiger partial charge < -0.3 is 9.84 Å². The van der Waals surface area contributed by atoms with Crippen LogP contribution in [0.4, 0.5) is 0 Å². The minimum atomic E-state index is -0.908. The third-order valence-corrected chi connectivity index (χ3v) is 4.31. The maximum Gasteiger partial charge on any atom is 0.122 e. The van der Waals surface area contributed by atoms with Crippen molar-refractivity contribution in [3.05, 3.63) is 63.1 Å². The lowest BCUT2D eigenvalue weighted by Gasteiger charge is -2.27. The summed E-state index contributed by atoms with van der Waals surface area (Å²) in [5, 5.41) is 10.9. The van der Waals surface area contributed by atoms with Gasteiger partial charge in [-0.05, 0) is 67.3 Å². The molecule has 0 heterocycles. The van der Waals surface area contributed by atoms with E-state index in [9.17, 15) is 5.11 Å². The van der Waals surface area contributed by atoms with Gasteiger partial charge in [0.2, 0.25) is 0 Å². The molecule has 0 spiro atoms. The molecule has 1 unspecified atom stereocenters. The number of aryl methyl sites for hydroxylation is 2. The van der Waals surface area contributed by atoms with Crippen LogP contribution in [0.1, 0.15) is 29.2 Å². The lowest BCUT2D eigenvalue weighted by atomic mass is 9.85. The van der Waals surface area contributed by atoms with Gasteiger partial charge in [-0.2, -0.15) is 0 Å². The monoisotopic (exact) mass is 348 g/mol. The number of aliphatic hydroxyl groups is 1. The van der Waals surface area contributed by atoms with Gasteiger partial charge in [-0.3, -0.25) is 0 Å². The molecule has 2 aromatic carbocycles. The molecule has 1 N–H and O–H groups in total. The van der Waals surface area contributed by atoms with E-state index >= 15 is 0 Å². The predicted molar refractivity (Wildman–Crippen MR) is 89.9 cm³/mol. The molecule has 0 saturated heterocycles. The van der Waals surface area contributed by atoms with Gasteiger partial charge in [0.15, 0.2) is 0 Å². The highest BCUT2D eigenvalue weighted by atomic mass is 79.9. The van der Waals surface area contributed by atoms with E-state index in [0.717, 1.165) is 32.5 Å². The Kier molecular flexibility index (Phi) is 4.74. The Hall–Kier alpha value is -1.32. The minimum absolute atomic E-state index is 0.576. The van der Waals surface area contributed by atoms with Gasteiger partial charge in [0.1, 0.15) is 5.75 Å². The molecule has 21 heavy (non-hydrogen) atoms. The average molecular weight is 349 g/mol. The summed E-state index contributed by atoms with van der Waals surface area (Å²) in [6, 6.07) is 12.1. The summed E-state index contributed by atoms with van der Waals surface area (Å²) in [7, 11) is 1.67. The van der Waals surface area contributed by atoms with Crippen LogP contribution in [0.25, 0.3) is 0 Å². The van der Waals surface area contributed by atoms with E-state index in [1.54, 1.807) is 7.11 Å². The number of benzene rings is 2. The van der Waals surface area contributed by atoms with E-state index < -0.39 is 5.60 Å². The van der Waals surface area contributed by atoms with Crippen molar-refractivity contribution in [1.29, 1.82) is 0 Å². The number of methoxy groups -OCH3 is 1. The second kappa shape index (κ2) is 6.20. The maximum absolute atomic E-state index is 10.9. The normalized spacial score (nSPS) is 13.8. The molecule has 0 saturated carbocycles. The van der Waals surface area contributed by atoms with Gasteiger partial charge in [-0.15, -0.1) is 0 Å². The van der Waals surface area contributed by atoms with Crippen molar-refractivity contribution < 1.29 is 9.84 Å². The first kappa shape index (κ1) is 16.1. The van der Waals surface area contributed by atoms with Crippen LogP contribution >= 0.6 is 15.9 Å². The first-order chi connectivity index (χ1) is 9.83. The lowest BCUT2D eigenvalue weighted by molar-refractivity contribution is 0.0568. The summed E-state index contributed by atoms with van der Waals surface area (Å²) in [6.45, 7) is 5.87. The Labute approximate surface area is 134 Å². The average Bonchev–Trinajstić information content (AvgIpc) is 2.43. The molecule has 2 aromatic rings. The first-order valence-corrected chi connectivity index (χ1v) is 7.75. The summed E-state index contributed by atoms with van der Waals surface area (Å²) in [6.07, 6.45) is 0.576. The Morgan fingerprint density at radius 2 is 1.71 bits per heavy atom. The SMILES string of the molecule is COc1cc(C)c(C(C)(O)Cc2ccc(Br)cc2)cc1C. The number of hydrogen-bond acceptors (Lipinski definition) is 2. The molecule has 0 aliphatic rings. The van der Waals surface area contributed by atoms with E-state index in [0.29, 0.717) is 6.42 Å². The number of ether oxygens (including phenoxy) is 1. The van der Waals surface area contributed by atoms with E-state index in [4.69, 9.17) is 4.74 Å². The van der Waals surface area contributed by atoms with Gasteiger partial charge >= 0.3 is 0 Å². The van der Waals surface area contributed by atoms with Crippen LogP contribution in [0.5, 0.6) is 5.75 Å². The zero-order valence-electron chi connectivity index (χ0n) is 12.9. The van der Waals surface area contributed by atoms with Gasteiger partial charge in [0, 0.05) is 10.9 Å². The minimum Gasteiger partial charge on any atom is -0.496 e. The van der Waals surface area contributed by atoms with Gasteiger partial charge in [-0.25, -0.2) is 0 Å². The van der Waals surface area contributed by atoms with Gasteiger partial charge in [-0.1, -0.05) is 28.1 Å². The molecular weight excluding hydrogens is 328 g/mol. The third kappa shape index (κ3) is 3.66. The van der Waals surface area contributed by atoms with Crippen LogP contribution < -0.4 is 4.74 Å². The Morgan fingerprint density at radius 1 is 1.10 bits per heavy atom. The summed E-state index contributed by atoms with van der Waals surface area (Å²) < 4.78 is 6.38. The van der Waals surface area contributed by atoms with Crippen molar-refractivity contribution in [1.82, 2.24) is 0 Å². The molecule has 0 aliphatic carbocycles. The standard InChI is InChI=1S/C18H21BrO2/c1-12-10-17(21-4)13(2)9-16(12)18(3,20)11-14-5-7-15(19)8-6-14/h5-10,20H,11H2,1-4H3. The molecule has 2 rings (SSSR count). The van der Waals surface area contributed by atoms with Crippen molar-refractivity contribution >= 4 is 15.9 Å². The van der Waals surface area contributed by atoms with Crippen molar-refractivity contribution in [2.24, 2.45) is 0 Å². The third-order valence-electron chi connectivity index (χ3n) is 3.78. The highest BCUT2D eigenvalue weighted by molar-refractivity contribution is 9.10. The van der Waals surface area contributed by atoms with Crippen LogP contribution in [-0.2, 0) is 12.0 Å². The van der Waals surface area contributed by atoms with E-state index in [-0.39, 0.29) is 0 Å². The molecule has 3 heteroatoms. The zero-order chi connectivity index (χ0) is 15.6. The number of hydrogen-bond donors (Lipinski definition) is 1. The molecule has 0 fully saturated rings. The summed E-state index contributed by atoms with van der Waals surface area (Å²) >= 11 is 3.43. The number of rotatable bonds is 4. The van der Waals surface area contributed by atoms with Gasteiger partial charge in [0.25, 0.3) is 0 Å². The summed E-state index contributed by atoms with van der Waals surface area (Å²) in [5.41, 5.74) is 3.23. The molecule has 0 radical (unpaired) electrons. The maximum atomic E-state index is 10.9. The fourth-order valence-corrected chi connectivity index (χ4v) is 2.95. The van der Waals surface area contributed by atoms with Crippen LogP contribution in [0, 0.1) is 13.8 Å². The second-order valence-corrected chi connectivity index (χ2v) is 6.63. The van der Waals surface area contributed by atoms with Gasteiger partial charge in [0.05, 0.1) is 12.7 Å².